The molecule has 0 spiro atoms. The van der Waals surface area contributed by atoms with Crippen molar-refractivity contribution in [2.75, 3.05) is 11.9 Å². The summed E-state index contributed by atoms with van der Waals surface area (Å²) in [5.74, 6) is -0.367. The summed E-state index contributed by atoms with van der Waals surface area (Å²) in [4.78, 5) is 17.0. The molecule has 164 valence electrons. The molecule has 0 atom stereocenters. The van der Waals surface area contributed by atoms with Crippen molar-refractivity contribution in [3.8, 4) is 22.8 Å². The van der Waals surface area contributed by atoms with Crippen LogP contribution < -0.4 is 10.1 Å². The highest BCUT2D eigenvalue weighted by Crippen LogP contribution is 2.38. The Morgan fingerprint density at radius 1 is 1.09 bits per heavy atom. The zero-order valence-corrected chi connectivity index (χ0v) is 16.8. The number of fused-ring (bicyclic) bond motifs is 1. The van der Waals surface area contributed by atoms with Crippen molar-refractivity contribution >= 4 is 17.2 Å². The maximum absolute atomic E-state index is 13.1. The van der Waals surface area contributed by atoms with Crippen molar-refractivity contribution in [3.05, 3.63) is 78.0 Å². The lowest BCUT2D eigenvalue weighted by molar-refractivity contribution is -0.137. The molecule has 0 saturated carbocycles. The number of rotatable bonds is 3. The van der Waals surface area contributed by atoms with E-state index in [9.17, 15) is 23.1 Å². The summed E-state index contributed by atoms with van der Waals surface area (Å²) in [7, 11) is 0. The van der Waals surface area contributed by atoms with E-state index in [1.165, 1.54) is 24.4 Å². The number of carbonyl (C=O) groups is 1. The van der Waals surface area contributed by atoms with Gasteiger partial charge in [0.1, 0.15) is 17.2 Å². The summed E-state index contributed by atoms with van der Waals surface area (Å²) in [5.41, 5.74) is 1.55. The number of benzene rings is 2. The molecule has 2 aromatic carbocycles. The molecule has 0 fully saturated rings. The molecular formula is C24H19F3N2O3. The van der Waals surface area contributed by atoms with Gasteiger partial charge in [-0.1, -0.05) is 24.3 Å². The zero-order chi connectivity index (χ0) is 22.7. The molecule has 0 saturated heterocycles. The van der Waals surface area contributed by atoms with Crippen molar-refractivity contribution in [3.63, 3.8) is 0 Å². The Morgan fingerprint density at radius 2 is 1.91 bits per heavy atom. The molecule has 0 unspecified atom stereocenters. The normalized spacial score (nSPS) is 14.9. The second-order valence-electron chi connectivity index (χ2n) is 7.24. The number of carbonyl (C=O) groups excluding carboxylic acids is 1. The van der Waals surface area contributed by atoms with E-state index >= 15 is 0 Å². The van der Waals surface area contributed by atoms with Crippen molar-refractivity contribution in [1.82, 2.24) is 4.98 Å². The van der Waals surface area contributed by atoms with E-state index in [2.05, 4.69) is 10.3 Å². The Hall–Kier alpha value is -3.81. The van der Waals surface area contributed by atoms with Crippen LogP contribution in [0.25, 0.3) is 16.8 Å². The van der Waals surface area contributed by atoms with Gasteiger partial charge in [-0.25, -0.2) is 0 Å². The molecule has 32 heavy (non-hydrogen) atoms. The average Bonchev–Trinajstić information content (AvgIpc) is 2.96. The lowest BCUT2D eigenvalue weighted by Crippen LogP contribution is -2.10. The predicted molar refractivity (Wildman–Crippen MR) is 114 cm³/mol. The fourth-order valence-electron chi connectivity index (χ4n) is 3.54. The zero-order valence-electron chi connectivity index (χ0n) is 16.8. The number of ether oxygens (including phenoxy) is 1. The maximum Gasteiger partial charge on any atom is 0.416 e. The highest BCUT2D eigenvalue weighted by Gasteiger charge is 2.32. The molecule has 0 bridgehead atoms. The molecule has 1 aliphatic heterocycles. The minimum Gasteiger partial charge on any atom is -0.506 e. The number of para-hydroxylation sites is 1. The quantitative estimate of drug-likeness (QED) is 0.515. The molecule has 2 N–H and O–H groups in total. The minimum absolute atomic E-state index is 0.0251. The van der Waals surface area contributed by atoms with E-state index < -0.39 is 17.6 Å². The van der Waals surface area contributed by atoms with Crippen molar-refractivity contribution < 1.29 is 27.8 Å². The largest absolute Gasteiger partial charge is 0.506 e. The number of aromatic hydroxyl groups is 1. The third-order valence-corrected chi connectivity index (χ3v) is 5.03. The average molecular weight is 440 g/mol. The van der Waals surface area contributed by atoms with Crippen LogP contribution >= 0.6 is 0 Å². The Bertz CT molecular complexity index is 1190. The van der Waals surface area contributed by atoms with Crippen LogP contribution in [0.1, 0.15) is 24.0 Å². The molecule has 1 aromatic heterocycles. The number of allylic oxidation sites excluding steroid dienone is 1. The van der Waals surface area contributed by atoms with Crippen LogP contribution in [0.5, 0.6) is 11.5 Å². The molecule has 1 amide bonds. The van der Waals surface area contributed by atoms with Gasteiger partial charge >= 0.3 is 6.18 Å². The number of hydrogen-bond acceptors (Lipinski definition) is 4. The third-order valence-electron chi connectivity index (χ3n) is 5.03. The molecule has 1 aliphatic rings. The van der Waals surface area contributed by atoms with Gasteiger partial charge in [0.2, 0.25) is 5.91 Å². The van der Waals surface area contributed by atoms with Gasteiger partial charge in [-0.2, -0.15) is 13.2 Å². The second kappa shape index (κ2) is 8.74. The summed E-state index contributed by atoms with van der Waals surface area (Å²) in [6.07, 6.45) is -0.530. The second-order valence-corrected chi connectivity index (χ2v) is 7.24. The number of anilines is 1. The smallest absolute Gasteiger partial charge is 0.416 e. The highest BCUT2D eigenvalue weighted by molar-refractivity contribution is 6.06. The van der Waals surface area contributed by atoms with Gasteiger partial charge in [-0.3, -0.25) is 9.78 Å². The van der Waals surface area contributed by atoms with Crippen LogP contribution in [0.2, 0.25) is 0 Å². The third kappa shape index (κ3) is 4.59. The molecule has 0 aliphatic carbocycles. The fourth-order valence-corrected chi connectivity index (χ4v) is 3.54. The molecule has 5 nitrogen and oxygen atoms in total. The molecular weight excluding hydrogens is 421 g/mol. The Balaban J connectivity index is 1.64. The van der Waals surface area contributed by atoms with Gasteiger partial charge in [0.05, 0.1) is 17.9 Å². The van der Waals surface area contributed by atoms with E-state index in [-0.39, 0.29) is 18.1 Å². The summed E-state index contributed by atoms with van der Waals surface area (Å²) in [6, 6.07) is 13.3. The van der Waals surface area contributed by atoms with Crippen molar-refractivity contribution in [1.29, 1.82) is 0 Å². The van der Waals surface area contributed by atoms with Crippen molar-refractivity contribution in [2.45, 2.75) is 19.0 Å². The number of amides is 1. The number of pyridine rings is 1. The number of halogens is 3. The Labute approximate surface area is 182 Å². The number of aromatic nitrogens is 1. The number of nitrogens with one attached hydrogen (secondary N) is 1. The SMILES string of the molecule is O=C(C=C1CCCOc2cc(C(F)(F)F)ccc21)Nc1ccccc1-c1ncccc1O. The van der Waals surface area contributed by atoms with Gasteiger partial charge in [-0.15, -0.1) is 0 Å². The van der Waals surface area contributed by atoms with E-state index in [1.54, 1.807) is 30.3 Å². The Morgan fingerprint density at radius 3 is 2.69 bits per heavy atom. The van der Waals surface area contributed by atoms with E-state index in [1.807, 2.05) is 0 Å². The lowest BCUT2D eigenvalue weighted by Gasteiger charge is -2.13. The van der Waals surface area contributed by atoms with Gasteiger partial charge in [0.25, 0.3) is 0 Å². The van der Waals surface area contributed by atoms with Crippen LogP contribution in [-0.4, -0.2) is 22.6 Å². The van der Waals surface area contributed by atoms with Crippen LogP contribution in [0, 0.1) is 0 Å². The lowest BCUT2D eigenvalue weighted by atomic mass is 9.99. The molecule has 3 aromatic rings. The first-order chi connectivity index (χ1) is 15.3. The van der Waals surface area contributed by atoms with Gasteiger partial charge in [0, 0.05) is 23.4 Å². The van der Waals surface area contributed by atoms with Gasteiger partial charge < -0.3 is 15.2 Å². The van der Waals surface area contributed by atoms with Gasteiger partial charge in [0.15, 0.2) is 0 Å². The fraction of sp³-hybridized carbons (Fsp3) is 0.167. The number of alkyl halides is 3. The monoisotopic (exact) mass is 440 g/mol. The number of nitrogens with zero attached hydrogens (tertiary/aromatic N) is 1. The van der Waals surface area contributed by atoms with E-state index in [4.69, 9.17) is 4.74 Å². The summed E-state index contributed by atoms with van der Waals surface area (Å²) in [5, 5.41) is 12.9. The minimum atomic E-state index is -4.48. The highest BCUT2D eigenvalue weighted by atomic mass is 19.4. The first-order valence-corrected chi connectivity index (χ1v) is 9.92. The molecule has 4 rings (SSSR count). The maximum atomic E-state index is 13.1. The first-order valence-electron chi connectivity index (χ1n) is 9.92. The van der Waals surface area contributed by atoms with Crippen molar-refractivity contribution in [2.24, 2.45) is 0 Å². The van der Waals surface area contributed by atoms with Gasteiger partial charge in [-0.05, 0) is 48.7 Å². The summed E-state index contributed by atoms with van der Waals surface area (Å²) < 4.78 is 44.7. The molecule has 8 heteroatoms. The molecule has 2 heterocycles. The molecule has 0 radical (unpaired) electrons. The summed E-state index contributed by atoms with van der Waals surface area (Å²) in [6.45, 7) is 0.259. The van der Waals surface area contributed by atoms with E-state index in [0.717, 1.165) is 12.1 Å². The van der Waals surface area contributed by atoms with Crippen LogP contribution in [0.15, 0.2) is 66.9 Å². The predicted octanol–water partition coefficient (Wildman–Crippen LogP) is 5.67. The van der Waals surface area contributed by atoms with Crippen LogP contribution in [-0.2, 0) is 11.0 Å². The van der Waals surface area contributed by atoms with Crippen LogP contribution in [0.4, 0.5) is 18.9 Å². The number of hydrogen-bond donors (Lipinski definition) is 2. The van der Waals surface area contributed by atoms with Crippen LogP contribution in [0.3, 0.4) is 0 Å². The Kier molecular flexibility index (Phi) is 5.85. The topological polar surface area (TPSA) is 71.5 Å². The van der Waals surface area contributed by atoms with E-state index in [0.29, 0.717) is 40.9 Å². The first kappa shape index (κ1) is 21.4. The standard InChI is InChI=1S/C24H19F3N2O3/c25-24(26,27)16-9-10-17-15(5-4-12-32-21(17)14-16)13-22(31)29-19-7-2-1-6-18(19)23-20(30)8-3-11-28-23/h1-3,6-11,13-14,30H,4-5,12H2,(H,29,31). The summed E-state index contributed by atoms with van der Waals surface area (Å²) >= 11 is 0.